The summed E-state index contributed by atoms with van der Waals surface area (Å²) in [4.78, 5) is 0. The van der Waals surface area contributed by atoms with Gasteiger partial charge in [-0.25, -0.2) is 4.68 Å². The molecule has 6 nitrogen and oxygen atoms in total. The minimum atomic E-state index is -0.0739. The molecule has 0 saturated heterocycles. The molecule has 0 radical (unpaired) electrons. The van der Waals surface area contributed by atoms with Crippen molar-refractivity contribution in [2.75, 3.05) is 13.7 Å². The van der Waals surface area contributed by atoms with Gasteiger partial charge in [0.05, 0.1) is 32.2 Å². The summed E-state index contributed by atoms with van der Waals surface area (Å²) in [6, 6.07) is 7.36. The standard InChI is InChI=1S/C12H15N3O3/c1-17-11-2-4-12(5-3-11)18-7-6-15-10(9-16)8-13-14-15/h2-5,8,16H,6-7,9H2,1H3. The number of benzene rings is 1. The maximum absolute atomic E-state index is 9.03. The van der Waals surface area contributed by atoms with Gasteiger partial charge in [0, 0.05) is 0 Å². The Labute approximate surface area is 105 Å². The van der Waals surface area contributed by atoms with Crippen molar-refractivity contribution in [3.05, 3.63) is 36.2 Å². The lowest BCUT2D eigenvalue weighted by Gasteiger charge is -2.08. The molecule has 1 aromatic heterocycles. The molecule has 0 amide bonds. The topological polar surface area (TPSA) is 69.4 Å². The van der Waals surface area contributed by atoms with E-state index in [2.05, 4.69) is 10.3 Å². The molecule has 0 saturated carbocycles. The average Bonchev–Trinajstić information content (AvgIpc) is 2.87. The van der Waals surface area contributed by atoms with Gasteiger partial charge in [0.25, 0.3) is 0 Å². The first-order chi connectivity index (χ1) is 8.83. The second kappa shape index (κ2) is 6.02. The molecule has 6 heteroatoms. The lowest BCUT2D eigenvalue weighted by molar-refractivity contribution is 0.252. The van der Waals surface area contributed by atoms with Crippen molar-refractivity contribution < 1.29 is 14.6 Å². The summed E-state index contributed by atoms with van der Waals surface area (Å²) < 4.78 is 12.2. The van der Waals surface area contributed by atoms with Gasteiger partial charge in [-0.2, -0.15) is 0 Å². The SMILES string of the molecule is COc1ccc(OCCn2nncc2CO)cc1. The zero-order valence-corrected chi connectivity index (χ0v) is 10.1. The lowest BCUT2D eigenvalue weighted by atomic mass is 10.3. The second-order valence-electron chi connectivity index (χ2n) is 3.63. The maximum Gasteiger partial charge on any atom is 0.119 e. The Kier molecular flexibility index (Phi) is 4.14. The number of nitrogens with zero attached hydrogens (tertiary/aromatic N) is 3. The molecule has 0 spiro atoms. The van der Waals surface area contributed by atoms with Gasteiger partial charge < -0.3 is 14.6 Å². The van der Waals surface area contributed by atoms with Gasteiger partial charge in [-0.15, -0.1) is 5.10 Å². The first-order valence-corrected chi connectivity index (χ1v) is 5.58. The summed E-state index contributed by atoms with van der Waals surface area (Å²) in [5, 5.41) is 16.6. The Bertz CT molecular complexity index is 482. The van der Waals surface area contributed by atoms with E-state index in [4.69, 9.17) is 14.6 Å². The summed E-state index contributed by atoms with van der Waals surface area (Å²) in [6.07, 6.45) is 1.54. The number of hydrogen-bond acceptors (Lipinski definition) is 5. The molecule has 2 aromatic rings. The highest BCUT2D eigenvalue weighted by Gasteiger charge is 2.02. The van der Waals surface area contributed by atoms with Crippen LogP contribution in [0.15, 0.2) is 30.5 Å². The van der Waals surface area contributed by atoms with E-state index in [0.29, 0.717) is 18.8 Å². The van der Waals surface area contributed by atoms with Gasteiger partial charge in [-0.3, -0.25) is 0 Å². The summed E-state index contributed by atoms with van der Waals surface area (Å²) >= 11 is 0. The van der Waals surface area contributed by atoms with Crippen LogP contribution in [0.25, 0.3) is 0 Å². The minimum absolute atomic E-state index is 0.0739. The fraction of sp³-hybridized carbons (Fsp3) is 0.333. The highest BCUT2D eigenvalue weighted by Crippen LogP contribution is 2.16. The Morgan fingerprint density at radius 3 is 2.61 bits per heavy atom. The molecule has 1 N–H and O–H groups in total. The van der Waals surface area contributed by atoms with E-state index in [0.717, 1.165) is 11.5 Å². The van der Waals surface area contributed by atoms with Crippen LogP contribution in [0.3, 0.4) is 0 Å². The van der Waals surface area contributed by atoms with Crippen molar-refractivity contribution in [2.24, 2.45) is 0 Å². The van der Waals surface area contributed by atoms with E-state index in [-0.39, 0.29) is 6.61 Å². The van der Waals surface area contributed by atoms with Gasteiger partial charge in [0.2, 0.25) is 0 Å². The number of hydrogen-bond donors (Lipinski definition) is 1. The van der Waals surface area contributed by atoms with E-state index in [9.17, 15) is 0 Å². The number of methoxy groups -OCH3 is 1. The van der Waals surface area contributed by atoms with Crippen molar-refractivity contribution >= 4 is 0 Å². The fourth-order valence-electron chi connectivity index (χ4n) is 1.51. The molecule has 0 aliphatic carbocycles. The van der Waals surface area contributed by atoms with Gasteiger partial charge in [0.15, 0.2) is 0 Å². The summed E-state index contributed by atoms with van der Waals surface area (Å²) in [7, 11) is 1.62. The van der Waals surface area contributed by atoms with Crippen LogP contribution >= 0.6 is 0 Å². The predicted octanol–water partition coefficient (Wildman–Crippen LogP) is 0.858. The van der Waals surface area contributed by atoms with Gasteiger partial charge in [0.1, 0.15) is 18.1 Å². The van der Waals surface area contributed by atoms with Crippen molar-refractivity contribution in [3.63, 3.8) is 0 Å². The molecule has 0 bridgehead atoms. The molecular formula is C12H15N3O3. The molecule has 0 unspecified atom stereocenters. The van der Waals surface area contributed by atoms with Crippen molar-refractivity contribution in [3.8, 4) is 11.5 Å². The van der Waals surface area contributed by atoms with E-state index in [1.165, 1.54) is 6.20 Å². The number of aliphatic hydroxyl groups is 1. The van der Waals surface area contributed by atoms with Gasteiger partial charge in [-0.1, -0.05) is 5.21 Å². The van der Waals surface area contributed by atoms with Crippen LogP contribution in [0.4, 0.5) is 0 Å². The molecule has 0 aliphatic rings. The van der Waals surface area contributed by atoms with E-state index in [1.807, 2.05) is 24.3 Å². The molecular weight excluding hydrogens is 234 g/mol. The van der Waals surface area contributed by atoms with Crippen LogP contribution in [0, 0.1) is 0 Å². The molecule has 18 heavy (non-hydrogen) atoms. The molecule has 2 rings (SSSR count). The van der Waals surface area contributed by atoms with E-state index >= 15 is 0 Å². The predicted molar refractivity (Wildman–Crippen MR) is 64.4 cm³/mol. The number of aliphatic hydroxyl groups excluding tert-OH is 1. The van der Waals surface area contributed by atoms with Crippen molar-refractivity contribution in [1.29, 1.82) is 0 Å². The third-order valence-corrected chi connectivity index (χ3v) is 2.49. The maximum atomic E-state index is 9.03. The third-order valence-electron chi connectivity index (χ3n) is 2.49. The van der Waals surface area contributed by atoms with Crippen molar-refractivity contribution in [2.45, 2.75) is 13.2 Å². The van der Waals surface area contributed by atoms with Crippen LogP contribution in [0.2, 0.25) is 0 Å². The highest BCUT2D eigenvalue weighted by molar-refractivity contribution is 5.31. The summed E-state index contributed by atoms with van der Waals surface area (Å²) in [5.41, 5.74) is 0.674. The van der Waals surface area contributed by atoms with Crippen LogP contribution in [0.1, 0.15) is 5.69 Å². The Balaban J connectivity index is 1.84. The van der Waals surface area contributed by atoms with E-state index < -0.39 is 0 Å². The Morgan fingerprint density at radius 2 is 1.94 bits per heavy atom. The number of ether oxygens (including phenoxy) is 2. The summed E-state index contributed by atoms with van der Waals surface area (Å²) in [5.74, 6) is 1.56. The molecule has 96 valence electrons. The van der Waals surface area contributed by atoms with Crippen LogP contribution < -0.4 is 9.47 Å². The van der Waals surface area contributed by atoms with Gasteiger partial charge >= 0.3 is 0 Å². The third kappa shape index (κ3) is 2.98. The quantitative estimate of drug-likeness (QED) is 0.822. The average molecular weight is 249 g/mol. The van der Waals surface area contributed by atoms with Crippen LogP contribution in [0.5, 0.6) is 11.5 Å². The molecule has 1 aromatic carbocycles. The highest BCUT2D eigenvalue weighted by atomic mass is 16.5. The van der Waals surface area contributed by atoms with Crippen LogP contribution in [-0.4, -0.2) is 33.8 Å². The van der Waals surface area contributed by atoms with Gasteiger partial charge in [-0.05, 0) is 24.3 Å². The Hall–Kier alpha value is -2.08. The smallest absolute Gasteiger partial charge is 0.119 e. The minimum Gasteiger partial charge on any atom is -0.497 e. The summed E-state index contributed by atoms with van der Waals surface area (Å²) in [6.45, 7) is 0.931. The molecule has 0 aliphatic heterocycles. The molecule has 1 heterocycles. The zero-order chi connectivity index (χ0) is 12.8. The second-order valence-corrected chi connectivity index (χ2v) is 3.63. The number of aromatic nitrogens is 3. The Morgan fingerprint density at radius 1 is 1.22 bits per heavy atom. The van der Waals surface area contributed by atoms with E-state index in [1.54, 1.807) is 11.8 Å². The normalized spacial score (nSPS) is 10.3. The fourth-order valence-corrected chi connectivity index (χ4v) is 1.51. The van der Waals surface area contributed by atoms with Crippen LogP contribution in [-0.2, 0) is 13.2 Å². The first-order valence-electron chi connectivity index (χ1n) is 5.58. The van der Waals surface area contributed by atoms with Crippen molar-refractivity contribution in [1.82, 2.24) is 15.0 Å². The zero-order valence-electron chi connectivity index (χ0n) is 10.1. The largest absolute Gasteiger partial charge is 0.497 e. The lowest BCUT2D eigenvalue weighted by Crippen LogP contribution is -2.12. The molecule has 0 atom stereocenters. The first kappa shape index (κ1) is 12.4. The number of rotatable bonds is 6. The monoisotopic (exact) mass is 249 g/mol. The molecule has 0 fully saturated rings.